The third kappa shape index (κ3) is 5.66. The van der Waals surface area contributed by atoms with Crippen LogP contribution in [0.15, 0.2) is 65.5 Å². The van der Waals surface area contributed by atoms with E-state index in [1.807, 2.05) is 35.7 Å². The molecule has 0 aliphatic carbocycles. The third-order valence-corrected chi connectivity index (χ3v) is 5.67. The molecular formula is C23H25N3O3S. The molecule has 0 radical (unpaired) electrons. The first kappa shape index (κ1) is 20.5. The molecule has 156 valence electrons. The largest absolute Gasteiger partial charge is 0.487 e. The third-order valence-electron chi connectivity index (χ3n) is 5.04. The molecule has 3 aromatic rings. The minimum atomic E-state index is -0.0943. The number of hydrogen-bond donors (Lipinski definition) is 1. The van der Waals surface area contributed by atoms with Crippen LogP contribution in [-0.4, -0.2) is 48.6 Å². The number of ether oxygens (including phenoxy) is 2. The van der Waals surface area contributed by atoms with Crippen LogP contribution >= 0.6 is 11.3 Å². The van der Waals surface area contributed by atoms with Gasteiger partial charge in [0.05, 0.1) is 30.5 Å². The van der Waals surface area contributed by atoms with E-state index in [9.17, 15) is 4.79 Å². The number of amides is 1. The van der Waals surface area contributed by atoms with Crippen molar-refractivity contribution in [2.24, 2.45) is 0 Å². The van der Waals surface area contributed by atoms with Crippen molar-refractivity contribution in [3.05, 3.63) is 82.3 Å². The van der Waals surface area contributed by atoms with Gasteiger partial charge < -0.3 is 14.8 Å². The van der Waals surface area contributed by atoms with E-state index in [-0.39, 0.29) is 11.9 Å². The maximum atomic E-state index is 12.9. The fraction of sp³-hybridized carbons (Fsp3) is 0.304. The van der Waals surface area contributed by atoms with Crippen LogP contribution in [0.5, 0.6) is 5.75 Å². The van der Waals surface area contributed by atoms with Crippen LogP contribution in [-0.2, 0) is 11.3 Å². The van der Waals surface area contributed by atoms with Crippen LogP contribution in [0.25, 0.3) is 0 Å². The van der Waals surface area contributed by atoms with Gasteiger partial charge in [-0.25, -0.2) is 4.98 Å². The first-order chi connectivity index (χ1) is 14.8. The van der Waals surface area contributed by atoms with E-state index in [1.54, 1.807) is 29.0 Å². The summed E-state index contributed by atoms with van der Waals surface area (Å²) < 4.78 is 11.2. The molecule has 2 aromatic carbocycles. The van der Waals surface area contributed by atoms with Crippen LogP contribution in [0.3, 0.4) is 0 Å². The average Bonchev–Trinajstić information content (AvgIpc) is 3.33. The Morgan fingerprint density at radius 1 is 1.13 bits per heavy atom. The Morgan fingerprint density at radius 2 is 1.90 bits per heavy atom. The first-order valence-corrected chi connectivity index (χ1v) is 11.0. The molecule has 1 aliphatic rings. The lowest BCUT2D eigenvalue weighted by atomic mass is 10.1. The number of thiazole rings is 1. The van der Waals surface area contributed by atoms with Gasteiger partial charge in [-0.3, -0.25) is 9.69 Å². The second kappa shape index (κ2) is 10.3. The van der Waals surface area contributed by atoms with Gasteiger partial charge in [0.1, 0.15) is 12.4 Å². The van der Waals surface area contributed by atoms with Gasteiger partial charge in [-0.15, -0.1) is 11.3 Å². The highest BCUT2D eigenvalue weighted by Crippen LogP contribution is 2.18. The normalized spacial score (nSPS) is 15.5. The highest BCUT2D eigenvalue weighted by Gasteiger charge is 2.20. The Balaban J connectivity index is 1.39. The molecule has 30 heavy (non-hydrogen) atoms. The standard InChI is InChI=1S/C23H25N3O3S/c27-23(19-6-8-21(9-7-19)29-15-20-16-30-17-24-20)25-22(18-4-2-1-3-5-18)14-26-10-12-28-13-11-26/h1-9,16-17,22H,10-15H2,(H,25,27)/t22-/m1/s1. The molecule has 1 aromatic heterocycles. The van der Waals surface area contributed by atoms with Crippen molar-refractivity contribution in [1.29, 1.82) is 0 Å². The van der Waals surface area contributed by atoms with E-state index < -0.39 is 0 Å². The van der Waals surface area contributed by atoms with Gasteiger partial charge in [0.25, 0.3) is 5.91 Å². The predicted octanol–water partition coefficient (Wildman–Crippen LogP) is 3.53. The van der Waals surface area contributed by atoms with Crippen LogP contribution < -0.4 is 10.1 Å². The fourth-order valence-electron chi connectivity index (χ4n) is 3.37. The quantitative estimate of drug-likeness (QED) is 0.601. The van der Waals surface area contributed by atoms with Crippen LogP contribution in [0.4, 0.5) is 0 Å². The lowest BCUT2D eigenvalue weighted by Crippen LogP contribution is -2.43. The Hall–Kier alpha value is -2.74. The van der Waals surface area contributed by atoms with Crippen molar-refractivity contribution in [2.45, 2.75) is 12.6 Å². The number of morpholine rings is 1. The Bertz CT molecular complexity index is 911. The van der Waals surface area contributed by atoms with Gasteiger partial charge in [-0.05, 0) is 29.8 Å². The van der Waals surface area contributed by atoms with Crippen molar-refractivity contribution in [2.75, 3.05) is 32.8 Å². The van der Waals surface area contributed by atoms with Crippen molar-refractivity contribution < 1.29 is 14.3 Å². The van der Waals surface area contributed by atoms with Crippen molar-refractivity contribution in [3.63, 3.8) is 0 Å². The van der Waals surface area contributed by atoms with E-state index in [2.05, 4.69) is 27.3 Å². The average molecular weight is 424 g/mol. The highest BCUT2D eigenvalue weighted by molar-refractivity contribution is 7.07. The number of benzene rings is 2. The van der Waals surface area contributed by atoms with Gasteiger partial charge in [-0.1, -0.05) is 30.3 Å². The smallest absolute Gasteiger partial charge is 0.251 e. The summed E-state index contributed by atoms with van der Waals surface area (Å²) in [6.07, 6.45) is 0. The van der Waals surface area contributed by atoms with Gasteiger partial charge in [0.2, 0.25) is 0 Å². The predicted molar refractivity (Wildman–Crippen MR) is 117 cm³/mol. The molecule has 4 rings (SSSR count). The van der Waals surface area contributed by atoms with Crippen LogP contribution in [0.2, 0.25) is 0 Å². The fourth-order valence-corrected chi connectivity index (χ4v) is 3.91. The minimum absolute atomic E-state index is 0.0857. The van der Waals surface area contributed by atoms with Crippen molar-refractivity contribution in [3.8, 4) is 5.75 Å². The Labute approximate surface area is 180 Å². The lowest BCUT2D eigenvalue weighted by Gasteiger charge is -2.31. The summed E-state index contributed by atoms with van der Waals surface area (Å²) in [6.45, 7) is 4.41. The molecule has 1 aliphatic heterocycles. The topological polar surface area (TPSA) is 63.7 Å². The maximum Gasteiger partial charge on any atom is 0.251 e. The first-order valence-electron chi connectivity index (χ1n) is 10.0. The van der Waals surface area contributed by atoms with Crippen molar-refractivity contribution >= 4 is 17.2 Å². The van der Waals surface area contributed by atoms with Crippen LogP contribution in [0.1, 0.15) is 27.7 Å². The molecule has 2 heterocycles. The number of aromatic nitrogens is 1. The Kier molecular flexibility index (Phi) is 7.07. The van der Waals surface area contributed by atoms with Gasteiger partial charge >= 0.3 is 0 Å². The van der Waals surface area contributed by atoms with Gasteiger partial charge in [0.15, 0.2) is 0 Å². The zero-order chi connectivity index (χ0) is 20.6. The molecule has 7 heteroatoms. The summed E-state index contributed by atoms with van der Waals surface area (Å²) in [5.41, 5.74) is 4.39. The zero-order valence-electron chi connectivity index (χ0n) is 16.7. The molecule has 0 saturated carbocycles. The van der Waals surface area contributed by atoms with E-state index >= 15 is 0 Å². The number of nitrogens with zero attached hydrogens (tertiary/aromatic N) is 2. The second-order valence-electron chi connectivity index (χ2n) is 7.14. The number of nitrogens with one attached hydrogen (secondary N) is 1. The number of rotatable bonds is 8. The molecule has 1 saturated heterocycles. The highest BCUT2D eigenvalue weighted by atomic mass is 32.1. The molecule has 6 nitrogen and oxygen atoms in total. The molecule has 1 atom stereocenters. The lowest BCUT2D eigenvalue weighted by molar-refractivity contribution is 0.0332. The molecule has 0 bridgehead atoms. The summed E-state index contributed by atoms with van der Waals surface area (Å²) in [5.74, 6) is 0.621. The van der Waals surface area contributed by atoms with E-state index in [0.717, 1.165) is 44.1 Å². The van der Waals surface area contributed by atoms with Crippen LogP contribution in [0, 0.1) is 0 Å². The van der Waals surface area contributed by atoms with E-state index in [1.165, 1.54) is 0 Å². The minimum Gasteiger partial charge on any atom is -0.487 e. The molecule has 0 unspecified atom stereocenters. The second-order valence-corrected chi connectivity index (χ2v) is 7.86. The number of carbonyl (C=O) groups is 1. The SMILES string of the molecule is O=C(N[C@H](CN1CCOCC1)c1ccccc1)c1ccc(OCc2cscn2)cc1. The number of carbonyl (C=O) groups excluding carboxylic acids is 1. The van der Waals surface area contributed by atoms with E-state index in [4.69, 9.17) is 9.47 Å². The molecule has 1 N–H and O–H groups in total. The summed E-state index contributed by atoms with van der Waals surface area (Å²) in [6, 6.07) is 17.2. The zero-order valence-corrected chi connectivity index (χ0v) is 17.5. The summed E-state index contributed by atoms with van der Waals surface area (Å²) in [4.78, 5) is 19.5. The van der Waals surface area contributed by atoms with E-state index in [0.29, 0.717) is 17.9 Å². The van der Waals surface area contributed by atoms with Gasteiger partial charge in [0, 0.05) is 30.6 Å². The van der Waals surface area contributed by atoms with Crippen molar-refractivity contribution in [1.82, 2.24) is 15.2 Å². The molecule has 1 fully saturated rings. The van der Waals surface area contributed by atoms with Gasteiger partial charge in [-0.2, -0.15) is 0 Å². The summed E-state index contributed by atoms with van der Waals surface area (Å²) in [5, 5.41) is 5.16. The maximum absolute atomic E-state index is 12.9. The Morgan fingerprint density at radius 3 is 2.60 bits per heavy atom. The summed E-state index contributed by atoms with van der Waals surface area (Å²) >= 11 is 1.54. The molecular weight excluding hydrogens is 398 g/mol. The monoisotopic (exact) mass is 423 g/mol. The number of hydrogen-bond acceptors (Lipinski definition) is 6. The molecule has 0 spiro atoms. The molecule has 1 amide bonds. The summed E-state index contributed by atoms with van der Waals surface area (Å²) in [7, 11) is 0.